The second kappa shape index (κ2) is 4.04. The van der Waals surface area contributed by atoms with Crippen molar-refractivity contribution < 1.29 is 5.11 Å². The molecule has 1 fully saturated rings. The molecule has 1 aliphatic heterocycles. The number of nitrogens with one attached hydrogen (secondary N) is 1. The fraction of sp³-hybridized carbons (Fsp3) is 1.00. The van der Waals surface area contributed by atoms with Crippen molar-refractivity contribution in [1.29, 1.82) is 0 Å². The molecule has 0 aromatic carbocycles. The van der Waals surface area contributed by atoms with Gasteiger partial charge in [-0.05, 0) is 13.8 Å². The molecule has 0 radical (unpaired) electrons. The van der Waals surface area contributed by atoms with Crippen molar-refractivity contribution in [2.75, 3.05) is 26.2 Å². The van der Waals surface area contributed by atoms with E-state index in [1.807, 2.05) is 0 Å². The predicted octanol–water partition coefficient (Wildman–Crippen LogP) is -0.339. The quantitative estimate of drug-likeness (QED) is 0.577. The molecule has 3 nitrogen and oxygen atoms in total. The van der Waals surface area contributed by atoms with Gasteiger partial charge in [0.1, 0.15) is 0 Å². The molecule has 0 bridgehead atoms. The normalized spacial score (nSPS) is 34.1. The average molecular weight is 158 g/mol. The summed E-state index contributed by atoms with van der Waals surface area (Å²) in [6.07, 6.45) is 0. The Morgan fingerprint density at radius 3 is 2.91 bits per heavy atom. The lowest BCUT2D eigenvalue weighted by molar-refractivity contribution is 0.117. The van der Waals surface area contributed by atoms with Crippen LogP contribution in [0.5, 0.6) is 0 Å². The van der Waals surface area contributed by atoms with Crippen molar-refractivity contribution >= 4 is 0 Å². The fourth-order valence-electron chi connectivity index (χ4n) is 1.54. The van der Waals surface area contributed by atoms with Crippen LogP contribution in [0.15, 0.2) is 0 Å². The average Bonchev–Trinajstić information content (AvgIpc) is 1.98. The molecule has 3 heteroatoms. The number of aliphatic hydroxyl groups excluding tert-OH is 1. The fourth-order valence-corrected chi connectivity index (χ4v) is 1.54. The summed E-state index contributed by atoms with van der Waals surface area (Å²) >= 11 is 0. The van der Waals surface area contributed by atoms with Crippen LogP contribution >= 0.6 is 0 Å². The molecule has 1 saturated heterocycles. The molecular formula is C8H18N2O. The minimum absolute atomic E-state index is 0.275. The SMILES string of the molecule is CC1CN(CCO)C(C)CN1. The summed E-state index contributed by atoms with van der Waals surface area (Å²) in [6, 6.07) is 1.14. The topological polar surface area (TPSA) is 35.5 Å². The Morgan fingerprint density at radius 2 is 2.27 bits per heavy atom. The number of piperazine rings is 1. The van der Waals surface area contributed by atoms with Crippen molar-refractivity contribution in [2.24, 2.45) is 0 Å². The zero-order valence-electron chi connectivity index (χ0n) is 7.38. The van der Waals surface area contributed by atoms with E-state index >= 15 is 0 Å². The molecule has 0 spiro atoms. The van der Waals surface area contributed by atoms with E-state index in [0.717, 1.165) is 19.6 Å². The van der Waals surface area contributed by atoms with Gasteiger partial charge in [0, 0.05) is 31.7 Å². The monoisotopic (exact) mass is 158 g/mol. The van der Waals surface area contributed by atoms with E-state index in [1.54, 1.807) is 0 Å². The van der Waals surface area contributed by atoms with Crippen molar-refractivity contribution in [2.45, 2.75) is 25.9 Å². The maximum Gasteiger partial charge on any atom is 0.0558 e. The molecule has 2 unspecified atom stereocenters. The highest BCUT2D eigenvalue weighted by Crippen LogP contribution is 2.04. The van der Waals surface area contributed by atoms with Crippen LogP contribution in [0.4, 0.5) is 0 Å². The van der Waals surface area contributed by atoms with Gasteiger partial charge in [0.05, 0.1) is 6.61 Å². The number of aliphatic hydroxyl groups is 1. The van der Waals surface area contributed by atoms with E-state index in [-0.39, 0.29) is 6.61 Å². The van der Waals surface area contributed by atoms with Crippen molar-refractivity contribution in [1.82, 2.24) is 10.2 Å². The van der Waals surface area contributed by atoms with Gasteiger partial charge in [-0.2, -0.15) is 0 Å². The highest BCUT2D eigenvalue weighted by atomic mass is 16.3. The van der Waals surface area contributed by atoms with Gasteiger partial charge in [-0.25, -0.2) is 0 Å². The molecule has 0 amide bonds. The third kappa shape index (κ3) is 2.43. The molecule has 2 atom stereocenters. The van der Waals surface area contributed by atoms with Crippen LogP contribution < -0.4 is 5.32 Å². The van der Waals surface area contributed by atoms with Crippen molar-refractivity contribution in [3.8, 4) is 0 Å². The standard InChI is InChI=1S/C8H18N2O/c1-7-6-10(3-4-11)8(2)5-9-7/h7-9,11H,3-6H2,1-2H3. The van der Waals surface area contributed by atoms with Crippen LogP contribution in [0.2, 0.25) is 0 Å². The summed E-state index contributed by atoms with van der Waals surface area (Å²) in [5.41, 5.74) is 0. The summed E-state index contributed by atoms with van der Waals surface area (Å²) in [4.78, 5) is 2.32. The lowest BCUT2D eigenvalue weighted by atomic mass is 10.1. The van der Waals surface area contributed by atoms with E-state index in [9.17, 15) is 0 Å². The van der Waals surface area contributed by atoms with E-state index < -0.39 is 0 Å². The summed E-state index contributed by atoms with van der Waals surface area (Å²) in [6.45, 7) is 7.55. The van der Waals surface area contributed by atoms with Gasteiger partial charge in [-0.15, -0.1) is 0 Å². The maximum atomic E-state index is 8.76. The molecule has 0 saturated carbocycles. The zero-order chi connectivity index (χ0) is 8.27. The number of β-amino-alcohol motifs (C(OH)–C–C–N with tert-alkyl or cyclic N) is 1. The highest BCUT2D eigenvalue weighted by Gasteiger charge is 2.20. The third-order valence-electron chi connectivity index (χ3n) is 2.28. The Bertz CT molecular complexity index is 119. The summed E-state index contributed by atoms with van der Waals surface area (Å²) in [7, 11) is 0. The second-order valence-corrected chi connectivity index (χ2v) is 3.38. The first-order valence-corrected chi connectivity index (χ1v) is 4.32. The molecule has 66 valence electrons. The number of rotatable bonds is 2. The Labute approximate surface area is 68.4 Å². The van der Waals surface area contributed by atoms with E-state index in [4.69, 9.17) is 5.11 Å². The lowest BCUT2D eigenvalue weighted by Crippen LogP contribution is -2.54. The minimum atomic E-state index is 0.275. The van der Waals surface area contributed by atoms with Crippen molar-refractivity contribution in [3.63, 3.8) is 0 Å². The highest BCUT2D eigenvalue weighted by molar-refractivity contribution is 4.80. The first-order valence-electron chi connectivity index (χ1n) is 4.32. The van der Waals surface area contributed by atoms with Gasteiger partial charge in [0.25, 0.3) is 0 Å². The molecule has 2 N–H and O–H groups in total. The number of hydrogen-bond acceptors (Lipinski definition) is 3. The summed E-state index contributed by atoms with van der Waals surface area (Å²) in [5, 5.41) is 12.2. The number of nitrogens with zero attached hydrogens (tertiary/aromatic N) is 1. The first-order chi connectivity index (χ1) is 5.24. The molecule has 11 heavy (non-hydrogen) atoms. The summed E-state index contributed by atoms with van der Waals surface area (Å²) in [5.74, 6) is 0. The molecule has 1 heterocycles. The Morgan fingerprint density at radius 1 is 1.55 bits per heavy atom. The summed E-state index contributed by atoms with van der Waals surface area (Å²) < 4.78 is 0. The molecule has 1 rings (SSSR count). The Kier molecular flexibility index (Phi) is 3.30. The van der Waals surface area contributed by atoms with E-state index in [0.29, 0.717) is 12.1 Å². The number of hydrogen-bond donors (Lipinski definition) is 2. The van der Waals surface area contributed by atoms with Crippen LogP contribution in [-0.4, -0.2) is 48.3 Å². The molecule has 0 aliphatic carbocycles. The van der Waals surface area contributed by atoms with E-state index in [1.165, 1.54) is 0 Å². The van der Waals surface area contributed by atoms with E-state index in [2.05, 4.69) is 24.1 Å². The van der Waals surface area contributed by atoms with Crippen LogP contribution in [0, 0.1) is 0 Å². The van der Waals surface area contributed by atoms with Gasteiger partial charge < -0.3 is 10.4 Å². The molecule has 1 aliphatic rings. The maximum absolute atomic E-state index is 8.76. The Balaban J connectivity index is 2.34. The van der Waals surface area contributed by atoms with Gasteiger partial charge in [-0.3, -0.25) is 4.90 Å². The molecular weight excluding hydrogens is 140 g/mol. The zero-order valence-corrected chi connectivity index (χ0v) is 7.38. The smallest absolute Gasteiger partial charge is 0.0558 e. The second-order valence-electron chi connectivity index (χ2n) is 3.38. The largest absolute Gasteiger partial charge is 0.395 e. The van der Waals surface area contributed by atoms with Crippen LogP contribution in [0.1, 0.15) is 13.8 Å². The van der Waals surface area contributed by atoms with Crippen LogP contribution in [0.25, 0.3) is 0 Å². The van der Waals surface area contributed by atoms with Crippen LogP contribution in [0.3, 0.4) is 0 Å². The minimum Gasteiger partial charge on any atom is -0.395 e. The third-order valence-corrected chi connectivity index (χ3v) is 2.28. The first kappa shape index (κ1) is 8.97. The van der Waals surface area contributed by atoms with Crippen LogP contribution in [-0.2, 0) is 0 Å². The van der Waals surface area contributed by atoms with Gasteiger partial charge in [0.2, 0.25) is 0 Å². The molecule has 0 aromatic rings. The predicted molar refractivity (Wildman–Crippen MR) is 45.6 cm³/mol. The van der Waals surface area contributed by atoms with Gasteiger partial charge in [0.15, 0.2) is 0 Å². The molecule has 0 aromatic heterocycles. The lowest BCUT2D eigenvalue weighted by Gasteiger charge is -2.37. The van der Waals surface area contributed by atoms with Gasteiger partial charge in [-0.1, -0.05) is 0 Å². The Hall–Kier alpha value is -0.120. The van der Waals surface area contributed by atoms with Gasteiger partial charge >= 0.3 is 0 Å². The van der Waals surface area contributed by atoms with Crippen molar-refractivity contribution in [3.05, 3.63) is 0 Å².